The van der Waals surface area contributed by atoms with Crippen LogP contribution in [-0.4, -0.2) is 19.1 Å². The molecular formula is C14H15F2N3. The van der Waals surface area contributed by atoms with E-state index in [1.807, 2.05) is 31.1 Å². The number of hydrogen-bond acceptors (Lipinski definition) is 3. The zero-order valence-corrected chi connectivity index (χ0v) is 10.8. The summed E-state index contributed by atoms with van der Waals surface area (Å²) in [5.74, 6) is -0.810. The van der Waals surface area contributed by atoms with Gasteiger partial charge in [0.2, 0.25) is 0 Å². The first-order chi connectivity index (χ1) is 9.08. The van der Waals surface area contributed by atoms with Crippen molar-refractivity contribution in [2.45, 2.75) is 6.54 Å². The van der Waals surface area contributed by atoms with Crippen LogP contribution in [0.15, 0.2) is 36.5 Å². The number of nitrogens with zero attached hydrogens (tertiary/aromatic N) is 2. The van der Waals surface area contributed by atoms with Gasteiger partial charge < -0.3 is 10.2 Å². The van der Waals surface area contributed by atoms with Crippen molar-refractivity contribution in [1.82, 2.24) is 4.98 Å². The molecule has 0 amide bonds. The van der Waals surface area contributed by atoms with E-state index in [4.69, 9.17) is 0 Å². The van der Waals surface area contributed by atoms with Gasteiger partial charge in [0.15, 0.2) is 11.6 Å². The van der Waals surface area contributed by atoms with E-state index in [1.54, 1.807) is 12.3 Å². The Hall–Kier alpha value is -2.17. The highest BCUT2D eigenvalue weighted by atomic mass is 19.2. The number of halogens is 2. The molecule has 100 valence electrons. The Morgan fingerprint density at radius 1 is 1.16 bits per heavy atom. The summed E-state index contributed by atoms with van der Waals surface area (Å²) in [6.07, 6.45) is 1.66. The monoisotopic (exact) mass is 263 g/mol. The molecule has 0 radical (unpaired) electrons. The van der Waals surface area contributed by atoms with E-state index in [1.165, 1.54) is 6.07 Å². The summed E-state index contributed by atoms with van der Waals surface area (Å²) in [5, 5.41) is 3.01. The van der Waals surface area contributed by atoms with Crippen LogP contribution < -0.4 is 10.2 Å². The number of rotatable bonds is 4. The van der Waals surface area contributed by atoms with E-state index in [9.17, 15) is 8.78 Å². The van der Waals surface area contributed by atoms with Crippen LogP contribution in [-0.2, 0) is 6.54 Å². The van der Waals surface area contributed by atoms with Gasteiger partial charge in [-0.1, -0.05) is 12.1 Å². The number of aromatic nitrogens is 1. The fourth-order valence-corrected chi connectivity index (χ4v) is 1.64. The molecule has 0 fully saturated rings. The molecule has 19 heavy (non-hydrogen) atoms. The van der Waals surface area contributed by atoms with Gasteiger partial charge in [-0.25, -0.2) is 13.8 Å². The van der Waals surface area contributed by atoms with E-state index in [0.717, 1.165) is 17.6 Å². The molecule has 0 atom stereocenters. The third-order valence-corrected chi connectivity index (χ3v) is 2.72. The van der Waals surface area contributed by atoms with Crippen LogP contribution in [0, 0.1) is 11.6 Å². The van der Waals surface area contributed by atoms with Crippen LogP contribution >= 0.6 is 0 Å². The standard InChI is InChI=1S/C14H15F2N3/c1-19(2)13-7-6-11(9-18-13)17-8-10-4-3-5-12(15)14(10)16/h3-7,9,17H,8H2,1-2H3. The molecule has 1 aromatic heterocycles. The fraction of sp³-hybridized carbons (Fsp3) is 0.214. The van der Waals surface area contributed by atoms with Crippen molar-refractivity contribution in [3.05, 3.63) is 53.7 Å². The van der Waals surface area contributed by atoms with Gasteiger partial charge in [-0.2, -0.15) is 0 Å². The highest BCUT2D eigenvalue weighted by Gasteiger charge is 2.07. The minimum Gasteiger partial charge on any atom is -0.380 e. The van der Waals surface area contributed by atoms with E-state index in [-0.39, 0.29) is 12.1 Å². The van der Waals surface area contributed by atoms with Crippen LogP contribution in [0.4, 0.5) is 20.3 Å². The topological polar surface area (TPSA) is 28.2 Å². The molecule has 1 aromatic carbocycles. The lowest BCUT2D eigenvalue weighted by Crippen LogP contribution is -2.10. The Labute approximate surface area is 110 Å². The molecule has 1 N–H and O–H groups in total. The second-order valence-corrected chi connectivity index (χ2v) is 4.37. The molecule has 0 spiro atoms. The maximum absolute atomic E-state index is 13.4. The second-order valence-electron chi connectivity index (χ2n) is 4.37. The Morgan fingerprint density at radius 3 is 2.58 bits per heavy atom. The van der Waals surface area contributed by atoms with Gasteiger partial charge in [0.05, 0.1) is 11.9 Å². The normalized spacial score (nSPS) is 10.3. The largest absolute Gasteiger partial charge is 0.380 e. The van der Waals surface area contributed by atoms with Crippen molar-refractivity contribution >= 4 is 11.5 Å². The first-order valence-corrected chi connectivity index (χ1v) is 5.88. The number of pyridine rings is 1. The molecule has 0 aliphatic rings. The molecule has 0 unspecified atom stereocenters. The average Bonchev–Trinajstić information content (AvgIpc) is 2.41. The Morgan fingerprint density at radius 2 is 1.95 bits per heavy atom. The Balaban J connectivity index is 2.04. The second kappa shape index (κ2) is 5.65. The molecule has 0 saturated heterocycles. The van der Waals surface area contributed by atoms with E-state index in [2.05, 4.69) is 10.3 Å². The average molecular weight is 263 g/mol. The minimum absolute atomic E-state index is 0.215. The summed E-state index contributed by atoms with van der Waals surface area (Å²) in [4.78, 5) is 6.11. The van der Waals surface area contributed by atoms with Crippen LogP contribution in [0.1, 0.15) is 5.56 Å². The van der Waals surface area contributed by atoms with Crippen LogP contribution in [0.3, 0.4) is 0 Å². The maximum Gasteiger partial charge on any atom is 0.163 e. The number of anilines is 2. The maximum atomic E-state index is 13.4. The summed E-state index contributed by atoms with van der Waals surface area (Å²) >= 11 is 0. The SMILES string of the molecule is CN(C)c1ccc(NCc2cccc(F)c2F)cn1. The van der Waals surface area contributed by atoms with Crippen LogP contribution in [0.25, 0.3) is 0 Å². The zero-order chi connectivity index (χ0) is 13.8. The van der Waals surface area contributed by atoms with Gasteiger partial charge in [-0.15, -0.1) is 0 Å². The smallest absolute Gasteiger partial charge is 0.163 e. The van der Waals surface area contributed by atoms with Crippen molar-refractivity contribution in [3.8, 4) is 0 Å². The van der Waals surface area contributed by atoms with Crippen molar-refractivity contribution in [3.63, 3.8) is 0 Å². The van der Waals surface area contributed by atoms with Gasteiger partial charge in [0, 0.05) is 26.2 Å². The predicted octanol–water partition coefficient (Wildman–Crippen LogP) is 3.04. The van der Waals surface area contributed by atoms with Gasteiger partial charge in [-0.05, 0) is 18.2 Å². The highest BCUT2D eigenvalue weighted by Crippen LogP contribution is 2.15. The van der Waals surface area contributed by atoms with Crippen molar-refractivity contribution in [1.29, 1.82) is 0 Å². The fourth-order valence-electron chi connectivity index (χ4n) is 1.64. The molecule has 5 heteroatoms. The third-order valence-electron chi connectivity index (χ3n) is 2.72. The minimum atomic E-state index is -0.833. The summed E-state index contributed by atoms with van der Waals surface area (Å²) in [6.45, 7) is 0.215. The summed E-state index contributed by atoms with van der Waals surface area (Å²) in [7, 11) is 3.80. The lowest BCUT2D eigenvalue weighted by molar-refractivity contribution is 0.500. The number of hydrogen-bond donors (Lipinski definition) is 1. The molecule has 3 nitrogen and oxygen atoms in total. The molecule has 2 aromatic rings. The molecule has 1 heterocycles. The molecule has 0 aliphatic heterocycles. The predicted molar refractivity (Wildman–Crippen MR) is 72.2 cm³/mol. The number of benzene rings is 1. The summed E-state index contributed by atoms with van der Waals surface area (Å²) in [5.41, 5.74) is 1.05. The Bertz CT molecular complexity index is 553. The van der Waals surface area contributed by atoms with Crippen molar-refractivity contribution in [2.75, 3.05) is 24.3 Å². The Kier molecular flexibility index (Phi) is 3.94. The third kappa shape index (κ3) is 3.19. The van der Waals surface area contributed by atoms with Crippen LogP contribution in [0.5, 0.6) is 0 Å². The van der Waals surface area contributed by atoms with Gasteiger partial charge in [0.1, 0.15) is 5.82 Å². The first-order valence-electron chi connectivity index (χ1n) is 5.88. The zero-order valence-electron chi connectivity index (χ0n) is 10.8. The van der Waals surface area contributed by atoms with E-state index >= 15 is 0 Å². The summed E-state index contributed by atoms with van der Waals surface area (Å²) in [6, 6.07) is 7.84. The molecular weight excluding hydrogens is 248 g/mol. The molecule has 0 saturated carbocycles. The lowest BCUT2D eigenvalue weighted by atomic mass is 10.2. The van der Waals surface area contributed by atoms with Gasteiger partial charge in [0.25, 0.3) is 0 Å². The van der Waals surface area contributed by atoms with Crippen molar-refractivity contribution in [2.24, 2.45) is 0 Å². The quantitative estimate of drug-likeness (QED) is 0.919. The summed E-state index contributed by atoms with van der Waals surface area (Å²) < 4.78 is 26.5. The highest BCUT2D eigenvalue weighted by molar-refractivity contribution is 5.48. The van der Waals surface area contributed by atoms with Crippen LogP contribution in [0.2, 0.25) is 0 Å². The molecule has 2 rings (SSSR count). The van der Waals surface area contributed by atoms with E-state index in [0.29, 0.717) is 0 Å². The number of nitrogens with one attached hydrogen (secondary N) is 1. The van der Waals surface area contributed by atoms with Crippen molar-refractivity contribution < 1.29 is 8.78 Å². The first kappa shape index (κ1) is 13.3. The molecule has 0 bridgehead atoms. The van der Waals surface area contributed by atoms with Gasteiger partial charge in [-0.3, -0.25) is 0 Å². The van der Waals surface area contributed by atoms with Gasteiger partial charge >= 0.3 is 0 Å². The molecule has 0 aliphatic carbocycles. The lowest BCUT2D eigenvalue weighted by Gasteiger charge is -2.12. The van der Waals surface area contributed by atoms with E-state index < -0.39 is 11.6 Å².